The fourth-order valence-electron chi connectivity index (χ4n) is 13.6. The molecule has 0 aliphatic carbocycles. The van der Waals surface area contributed by atoms with E-state index < -0.39 is 97.5 Å². The topological polar surface area (TPSA) is 237 Å². The molecule has 0 radical (unpaired) electrons. The molecular weight excluding hydrogens is 1380 g/mol. The zero-order valence-electron chi connectivity index (χ0n) is 69.6. The van der Waals surface area contributed by atoms with Crippen LogP contribution in [-0.2, 0) is 65.4 Å². The highest BCUT2D eigenvalue weighted by molar-refractivity contribution is 7.47. The maximum Gasteiger partial charge on any atom is 0.472 e. The van der Waals surface area contributed by atoms with Crippen LogP contribution in [0.25, 0.3) is 0 Å². The molecule has 0 aliphatic rings. The van der Waals surface area contributed by atoms with Crippen LogP contribution in [0, 0.1) is 5.92 Å². The molecule has 0 spiro atoms. The number of aliphatic hydroxyl groups excluding tert-OH is 1. The molecule has 0 heterocycles. The van der Waals surface area contributed by atoms with Gasteiger partial charge in [0.05, 0.1) is 26.4 Å². The maximum atomic E-state index is 13.2. The summed E-state index contributed by atoms with van der Waals surface area (Å²) in [5.41, 5.74) is 0. The number of hydrogen-bond acceptors (Lipinski definition) is 15. The summed E-state index contributed by atoms with van der Waals surface area (Å²) in [7, 11) is -9.93. The molecule has 0 rings (SSSR count). The Hall–Kier alpha value is -1.94. The fraction of sp³-hybridized carbons (Fsp3) is 0.954. The predicted octanol–water partition coefficient (Wildman–Crippen LogP) is 26.8. The van der Waals surface area contributed by atoms with Crippen LogP contribution in [0.15, 0.2) is 0 Å². The minimum atomic E-state index is -4.97. The van der Waals surface area contributed by atoms with Gasteiger partial charge in [-0.25, -0.2) is 9.13 Å². The van der Waals surface area contributed by atoms with E-state index in [1.54, 1.807) is 0 Å². The summed E-state index contributed by atoms with van der Waals surface area (Å²) >= 11 is 0. The summed E-state index contributed by atoms with van der Waals surface area (Å²) in [6.07, 6.45) is 73.5. The Morgan fingerprint density at radius 2 is 0.434 bits per heavy atom. The summed E-state index contributed by atoms with van der Waals surface area (Å²) in [6.45, 7) is 7.40. The summed E-state index contributed by atoms with van der Waals surface area (Å²) in [5.74, 6) is -1.29. The first-order chi connectivity index (χ1) is 51.5. The van der Waals surface area contributed by atoms with E-state index in [1.807, 2.05) is 0 Å². The van der Waals surface area contributed by atoms with Crippen LogP contribution >= 0.6 is 15.6 Å². The van der Waals surface area contributed by atoms with Crippen LogP contribution in [0.4, 0.5) is 0 Å². The number of aliphatic hydroxyl groups is 1. The van der Waals surface area contributed by atoms with Gasteiger partial charge in [0.2, 0.25) is 0 Å². The average molecular weight is 1550 g/mol. The number of carbonyl (C=O) groups excluding carboxylic acids is 4. The van der Waals surface area contributed by atoms with E-state index in [4.69, 9.17) is 37.0 Å². The summed E-state index contributed by atoms with van der Waals surface area (Å²) in [4.78, 5) is 73.3. The molecule has 0 amide bonds. The molecule has 0 aromatic heterocycles. The van der Waals surface area contributed by atoms with Gasteiger partial charge in [-0.3, -0.25) is 37.3 Å². The molecule has 0 aromatic carbocycles. The molecule has 0 fully saturated rings. The molecule has 0 bridgehead atoms. The van der Waals surface area contributed by atoms with Crippen LogP contribution in [0.5, 0.6) is 0 Å². The van der Waals surface area contributed by atoms with Gasteiger partial charge in [-0.2, -0.15) is 0 Å². The second-order valence-corrected chi connectivity index (χ2v) is 34.7. The lowest BCUT2D eigenvalue weighted by Gasteiger charge is -2.21. The van der Waals surface area contributed by atoms with Crippen molar-refractivity contribution in [3.8, 4) is 0 Å². The average Bonchev–Trinajstić information content (AvgIpc) is 0.904. The van der Waals surface area contributed by atoms with E-state index in [1.165, 1.54) is 295 Å². The predicted molar refractivity (Wildman–Crippen MR) is 437 cm³/mol. The van der Waals surface area contributed by atoms with Crippen LogP contribution in [0.2, 0.25) is 0 Å². The number of phosphoric acid groups is 2. The molecule has 2 unspecified atom stereocenters. The van der Waals surface area contributed by atoms with Gasteiger partial charge in [0.25, 0.3) is 0 Å². The zero-order chi connectivity index (χ0) is 77.6. The molecule has 0 saturated heterocycles. The van der Waals surface area contributed by atoms with Crippen molar-refractivity contribution < 1.29 is 80.2 Å². The van der Waals surface area contributed by atoms with Crippen LogP contribution < -0.4 is 0 Å². The Bertz CT molecular complexity index is 2010. The zero-order valence-corrected chi connectivity index (χ0v) is 71.4. The number of rotatable bonds is 87. The van der Waals surface area contributed by atoms with Crippen molar-refractivity contribution in [2.24, 2.45) is 5.92 Å². The van der Waals surface area contributed by atoms with Crippen LogP contribution in [-0.4, -0.2) is 96.7 Å². The SMILES string of the molecule is CCCCCCCCCCCCCCCCCCCCCCCC(=O)O[C@H](COC(=O)CCCCCCCCCCCCCCCCCC(C)C)COP(=O)(O)OC[C@@H](O)COP(=O)(O)OC[C@@H](COC(=O)CCCCCCCCCCCCCC)OC(=O)CCCCCCCCCCCCCCCCC. The third-order valence-corrected chi connectivity index (χ3v) is 22.4. The van der Waals surface area contributed by atoms with Gasteiger partial charge in [0, 0.05) is 25.7 Å². The first-order valence-electron chi connectivity index (χ1n) is 45.1. The van der Waals surface area contributed by atoms with E-state index in [9.17, 15) is 43.2 Å². The first-order valence-corrected chi connectivity index (χ1v) is 48.1. The molecule has 0 saturated carbocycles. The number of esters is 4. The molecule has 0 aliphatic heterocycles. The second-order valence-electron chi connectivity index (χ2n) is 31.8. The largest absolute Gasteiger partial charge is 0.472 e. The van der Waals surface area contributed by atoms with Crippen molar-refractivity contribution in [3.63, 3.8) is 0 Å². The Morgan fingerprint density at radius 3 is 0.642 bits per heavy atom. The van der Waals surface area contributed by atoms with Gasteiger partial charge in [-0.05, 0) is 31.6 Å². The fourth-order valence-corrected chi connectivity index (χ4v) is 15.2. The number of carbonyl (C=O) groups is 4. The van der Waals surface area contributed by atoms with E-state index in [2.05, 4.69) is 34.6 Å². The van der Waals surface area contributed by atoms with Gasteiger partial charge < -0.3 is 33.8 Å². The van der Waals surface area contributed by atoms with Crippen molar-refractivity contribution in [3.05, 3.63) is 0 Å². The Balaban J connectivity index is 5.24. The summed E-state index contributed by atoms with van der Waals surface area (Å²) in [6, 6.07) is 0. The maximum absolute atomic E-state index is 13.2. The Kier molecular flexibility index (Phi) is 78.2. The van der Waals surface area contributed by atoms with Crippen LogP contribution in [0.1, 0.15) is 471 Å². The third kappa shape index (κ3) is 80.1. The Labute approximate surface area is 651 Å². The van der Waals surface area contributed by atoms with E-state index in [0.29, 0.717) is 25.7 Å². The third-order valence-electron chi connectivity index (χ3n) is 20.5. The summed E-state index contributed by atoms with van der Waals surface area (Å²) < 4.78 is 69.0. The minimum Gasteiger partial charge on any atom is -0.462 e. The van der Waals surface area contributed by atoms with Crippen LogP contribution in [0.3, 0.4) is 0 Å². The monoisotopic (exact) mass is 1550 g/mol. The highest BCUT2D eigenvalue weighted by Gasteiger charge is 2.30. The first kappa shape index (κ1) is 104. The van der Waals surface area contributed by atoms with Crippen molar-refractivity contribution in [2.75, 3.05) is 39.6 Å². The lowest BCUT2D eigenvalue weighted by Crippen LogP contribution is -2.30. The normalized spacial score (nSPS) is 13.7. The molecule has 3 N–H and O–H groups in total. The highest BCUT2D eigenvalue weighted by Crippen LogP contribution is 2.45. The number of hydrogen-bond donors (Lipinski definition) is 3. The molecule has 17 nitrogen and oxygen atoms in total. The van der Waals surface area contributed by atoms with Crippen molar-refractivity contribution in [2.45, 2.75) is 490 Å². The van der Waals surface area contributed by atoms with Gasteiger partial charge in [0.1, 0.15) is 19.3 Å². The lowest BCUT2D eigenvalue weighted by atomic mass is 10.0. The number of ether oxygens (including phenoxy) is 4. The van der Waals surface area contributed by atoms with Gasteiger partial charge in [-0.15, -0.1) is 0 Å². The quantitative estimate of drug-likeness (QED) is 0.0222. The van der Waals surface area contributed by atoms with Crippen molar-refractivity contribution >= 4 is 39.5 Å². The molecular formula is C87H170O17P2. The van der Waals surface area contributed by atoms with E-state index in [-0.39, 0.29) is 25.7 Å². The standard InChI is InChI=1S/C87H170O17P2/c1-6-9-12-15-18-21-24-27-29-30-31-32-33-34-38-43-48-53-58-63-68-73-87(92)104-83(77-98-85(90)71-66-61-56-51-46-41-39-35-37-40-44-49-54-59-64-69-80(4)5)79-102-106(95,96)100-75-81(88)74-99-105(93,94)101-78-82(76-97-84(89)70-65-60-55-50-45-26-23-20-17-14-11-8-3)103-86(91)72-67-62-57-52-47-42-36-28-25-22-19-16-13-10-7-2/h80-83,88H,6-79H2,1-5H3,(H,93,94)(H,95,96)/t81-,82+,83+/m0/s1. The van der Waals surface area contributed by atoms with Gasteiger partial charge in [0.15, 0.2) is 12.2 Å². The smallest absolute Gasteiger partial charge is 0.462 e. The van der Waals surface area contributed by atoms with E-state index in [0.717, 1.165) is 95.8 Å². The molecule has 0 aromatic rings. The lowest BCUT2D eigenvalue weighted by molar-refractivity contribution is -0.161. The highest BCUT2D eigenvalue weighted by atomic mass is 31.2. The van der Waals surface area contributed by atoms with Gasteiger partial charge >= 0.3 is 39.5 Å². The molecule has 19 heteroatoms. The molecule has 5 atom stereocenters. The number of unbranched alkanes of at least 4 members (excludes halogenated alkanes) is 59. The molecule has 106 heavy (non-hydrogen) atoms. The Morgan fingerprint density at radius 1 is 0.255 bits per heavy atom. The molecule has 630 valence electrons. The number of phosphoric ester groups is 2. The summed E-state index contributed by atoms with van der Waals surface area (Å²) in [5, 5.41) is 10.7. The van der Waals surface area contributed by atoms with Crippen molar-refractivity contribution in [1.29, 1.82) is 0 Å². The van der Waals surface area contributed by atoms with E-state index >= 15 is 0 Å². The van der Waals surface area contributed by atoms with Crippen molar-refractivity contribution in [1.82, 2.24) is 0 Å². The second kappa shape index (κ2) is 79.7. The minimum absolute atomic E-state index is 0.109. The van der Waals surface area contributed by atoms with Gasteiger partial charge in [-0.1, -0.05) is 420 Å².